The normalized spacial score (nSPS) is 20.3. The van der Waals surface area contributed by atoms with Crippen LogP contribution in [0, 0.1) is 5.92 Å². The molecule has 26 heavy (non-hydrogen) atoms. The van der Waals surface area contributed by atoms with Gasteiger partial charge < -0.3 is 5.32 Å². The van der Waals surface area contributed by atoms with Crippen LogP contribution in [0.5, 0.6) is 0 Å². The van der Waals surface area contributed by atoms with Crippen molar-refractivity contribution in [2.24, 2.45) is 5.92 Å². The zero-order chi connectivity index (χ0) is 18.6. The molecule has 0 spiro atoms. The van der Waals surface area contributed by atoms with Crippen LogP contribution in [0.1, 0.15) is 43.0 Å². The lowest BCUT2D eigenvalue weighted by atomic mass is 9.87. The molecule has 2 atom stereocenters. The van der Waals surface area contributed by atoms with E-state index < -0.39 is 10.0 Å². The number of anilines is 1. The molecule has 6 heteroatoms. The summed E-state index contributed by atoms with van der Waals surface area (Å²) in [5.41, 5.74) is 0.961. The van der Waals surface area contributed by atoms with Gasteiger partial charge in [-0.05, 0) is 55.2 Å². The van der Waals surface area contributed by atoms with E-state index in [4.69, 9.17) is 0 Å². The highest BCUT2D eigenvalue weighted by Gasteiger charge is 2.21. The third-order valence-electron chi connectivity index (χ3n) is 4.72. The average molecular weight is 372 g/mol. The molecule has 2 aromatic rings. The predicted octanol–water partition coefficient (Wildman–Crippen LogP) is 3.80. The minimum absolute atomic E-state index is 0.110. The number of nitrogens with one attached hydrogen (secondary N) is 2. The van der Waals surface area contributed by atoms with Crippen molar-refractivity contribution in [3.05, 3.63) is 60.2 Å². The molecule has 0 radical (unpaired) electrons. The Hall–Kier alpha value is -2.34. The maximum absolute atomic E-state index is 12.4. The maximum atomic E-state index is 12.4. The van der Waals surface area contributed by atoms with E-state index in [2.05, 4.69) is 17.0 Å². The summed E-state index contributed by atoms with van der Waals surface area (Å²) in [6, 6.07) is 14.9. The van der Waals surface area contributed by atoms with Gasteiger partial charge in [0.1, 0.15) is 0 Å². The standard InChI is InChI=1S/C20H24N2O3S/c1-15-6-5-7-18(14-15)21-20(23)16-10-12-17(13-11-16)22-26(24,25)19-8-3-2-4-9-19/h2-4,8-13,15,18,22H,5-7,14H2,1H3,(H,21,23). The first kappa shape index (κ1) is 18.5. The number of hydrogen-bond donors (Lipinski definition) is 2. The second-order valence-electron chi connectivity index (χ2n) is 6.94. The maximum Gasteiger partial charge on any atom is 0.261 e. The summed E-state index contributed by atoms with van der Waals surface area (Å²) in [7, 11) is -3.63. The van der Waals surface area contributed by atoms with Gasteiger partial charge in [0.05, 0.1) is 4.90 Å². The lowest BCUT2D eigenvalue weighted by Crippen LogP contribution is -2.37. The molecule has 0 aromatic heterocycles. The van der Waals surface area contributed by atoms with Gasteiger partial charge in [-0.15, -0.1) is 0 Å². The summed E-state index contributed by atoms with van der Waals surface area (Å²) in [4.78, 5) is 12.6. The summed E-state index contributed by atoms with van der Waals surface area (Å²) in [6.07, 6.45) is 4.40. The summed E-state index contributed by atoms with van der Waals surface area (Å²) >= 11 is 0. The van der Waals surface area contributed by atoms with E-state index in [1.807, 2.05) is 0 Å². The summed E-state index contributed by atoms with van der Waals surface area (Å²) in [5.74, 6) is 0.533. The molecule has 2 N–H and O–H groups in total. The van der Waals surface area contributed by atoms with Crippen molar-refractivity contribution in [1.82, 2.24) is 5.32 Å². The molecule has 1 amide bonds. The number of hydrogen-bond acceptors (Lipinski definition) is 3. The highest BCUT2D eigenvalue weighted by atomic mass is 32.2. The van der Waals surface area contributed by atoms with Crippen molar-refractivity contribution >= 4 is 21.6 Å². The topological polar surface area (TPSA) is 75.3 Å². The average Bonchev–Trinajstić information content (AvgIpc) is 2.63. The Morgan fingerprint density at radius 2 is 1.69 bits per heavy atom. The molecule has 5 nitrogen and oxygen atoms in total. The lowest BCUT2D eigenvalue weighted by molar-refractivity contribution is 0.0921. The molecule has 1 saturated carbocycles. The van der Waals surface area contributed by atoms with Crippen molar-refractivity contribution in [2.75, 3.05) is 4.72 Å². The molecule has 2 aromatic carbocycles. The number of amides is 1. The molecule has 2 unspecified atom stereocenters. The van der Waals surface area contributed by atoms with Crippen molar-refractivity contribution in [1.29, 1.82) is 0 Å². The van der Waals surface area contributed by atoms with Gasteiger partial charge >= 0.3 is 0 Å². The highest BCUT2D eigenvalue weighted by molar-refractivity contribution is 7.92. The fourth-order valence-corrected chi connectivity index (χ4v) is 4.42. The number of sulfonamides is 1. The Morgan fingerprint density at radius 1 is 1.00 bits per heavy atom. The van der Waals surface area contributed by atoms with Crippen molar-refractivity contribution < 1.29 is 13.2 Å². The van der Waals surface area contributed by atoms with Crippen LogP contribution in [0.3, 0.4) is 0 Å². The smallest absolute Gasteiger partial charge is 0.261 e. The fourth-order valence-electron chi connectivity index (χ4n) is 3.34. The van der Waals surface area contributed by atoms with Crippen LogP contribution in [0.2, 0.25) is 0 Å². The second kappa shape index (κ2) is 7.91. The molecule has 0 aliphatic heterocycles. The number of benzene rings is 2. The van der Waals surface area contributed by atoms with Gasteiger partial charge in [-0.2, -0.15) is 0 Å². The molecule has 1 aliphatic carbocycles. The van der Waals surface area contributed by atoms with E-state index in [-0.39, 0.29) is 16.8 Å². The molecule has 0 heterocycles. The molecule has 0 saturated heterocycles. The van der Waals surface area contributed by atoms with E-state index in [1.165, 1.54) is 18.6 Å². The van der Waals surface area contributed by atoms with Crippen molar-refractivity contribution in [3.63, 3.8) is 0 Å². The molecule has 3 rings (SSSR count). The van der Waals surface area contributed by atoms with Crippen LogP contribution >= 0.6 is 0 Å². The highest BCUT2D eigenvalue weighted by Crippen LogP contribution is 2.24. The van der Waals surface area contributed by atoms with Crippen LogP contribution in [0.4, 0.5) is 5.69 Å². The van der Waals surface area contributed by atoms with Crippen LogP contribution in [-0.4, -0.2) is 20.4 Å². The van der Waals surface area contributed by atoms with E-state index in [0.717, 1.165) is 19.3 Å². The zero-order valence-electron chi connectivity index (χ0n) is 14.8. The van der Waals surface area contributed by atoms with E-state index in [0.29, 0.717) is 17.2 Å². The zero-order valence-corrected chi connectivity index (χ0v) is 15.6. The van der Waals surface area contributed by atoms with E-state index in [9.17, 15) is 13.2 Å². The Kier molecular flexibility index (Phi) is 5.61. The monoisotopic (exact) mass is 372 g/mol. The van der Waals surface area contributed by atoms with Gasteiger partial charge in [-0.3, -0.25) is 9.52 Å². The Morgan fingerprint density at radius 3 is 2.35 bits per heavy atom. The minimum atomic E-state index is -3.63. The molecule has 1 aliphatic rings. The fraction of sp³-hybridized carbons (Fsp3) is 0.350. The Balaban J connectivity index is 1.64. The number of carbonyl (C=O) groups excluding carboxylic acids is 1. The molecule has 138 valence electrons. The lowest BCUT2D eigenvalue weighted by Gasteiger charge is -2.27. The molecule has 0 bridgehead atoms. The summed E-state index contributed by atoms with van der Waals surface area (Å²) in [6.45, 7) is 2.21. The van der Waals surface area contributed by atoms with Crippen molar-refractivity contribution in [2.45, 2.75) is 43.5 Å². The van der Waals surface area contributed by atoms with Crippen LogP contribution < -0.4 is 10.0 Å². The second-order valence-corrected chi connectivity index (χ2v) is 8.62. The van der Waals surface area contributed by atoms with Gasteiger partial charge in [0.15, 0.2) is 0 Å². The van der Waals surface area contributed by atoms with Crippen LogP contribution in [-0.2, 0) is 10.0 Å². The quantitative estimate of drug-likeness (QED) is 0.838. The summed E-state index contributed by atoms with van der Waals surface area (Å²) in [5, 5.41) is 3.08. The first-order valence-electron chi connectivity index (χ1n) is 8.93. The van der Waals surface area contributed by atoms with Gasteiger partial charge in [0.2, 0.25) is 0 Å². The van der Waals surface area contributed by atoms with E-state index >= 15 is 0 Å². The third kappa shape index (κ3) is 4.64. The largest absolute Gasteiger partial charge is 0.349 e. The first-order valence-corrected chi connectivity index (χ1v) is 10.4. The third-order valence-corrected chi connectivity index (χ3v) is 6.12. The van der Waals surface area contributed by atoms with Gasteiger partial charge in [0.25, 0.3) is 15.9 Å². The van der Waals surface area contributed by atoms with E-state index in [1.54, 1.807) is 42.5 Å². The predicted molar refractivity (Wildman–Crippen MR) is 103 cm³/mol. The summed E-state index contributed by atoms with van der Waals surface area (Å²) < 4.78 is 27.2. The van der Waals surface area contributed by atoms with Gasteiger partial charge in [-0.25, -0.2) is 8.42 Å². The SMILES string of the molecule is CC1CCCC(NC(=O)c2ccc(NS(=O)(=O)c3ccccc3)cc2)C1. The number of carbonyl (C=O) groups is 1. The van der Waals surface area contributed by atoms with Crippen LogP contribution in [0.25, 0.3) is 0 Å². The molecule has 1 fully saturated rings. The van der Waals surface area contributed by atoms with Crippen LogP contribution in [0.15, 0.2) is 59.5 Å². The Labute approximate surface area is 154 Å². The Bertz CT molecular complexity index is 848. The first-order chi connectivity index (χ1) is 12.4. The number of rotatable bonds is 5. The minimum Gasteiger partial charge on any atom is -0.349 e. The van der Waals surface area contributed by atoms with Crippen molar-refractivity contribution in [3.8, 4) is 0 Å². The molecular formula is C20H24N2O3S. The molecular weight excluding hydrogens is 348 g/mol. The van der Waals surface area contributed by atoms with Gasteiger partial charge in [0, 0.05) is 17.3 Å². The van der Waals surface area contributed by atoms with Gasteiger partial charge in [-0.1, -0.05) is 38.0 Å².